The number of aromatic nitrogens is 2. The van der Waals surface area contributed by atoms with E-state index in [1.807, 2.05) is 0 Å². The van der Waals surface area contributed by atoms with Gasteiger partial charge in [-0.2, -0.15) is 0 Å². The van der Waals surface area contributed by atoms with E-state index in [9.17, 15) is 4.21 Å². The normalized spacial score (nSPS) is 12.4. The van der Waals surface area contributed by atoms with Crippen LogP contribution in [0.5, 0.6) is 0 Å². The first-order valence-corrected chi connectivity index (χ1v) is 12.1. The third kappa shape index (κ3) is 9.50. The molecule has 2 aromatic rings. The molecule has 2 rings (SSSR count). The lowest BCUT2D eigenvalue weighted by molar-refractivity contribution is 0.0000657. The van der Waals surface area contributed by atoms with Crippen LogP contribution in [0.4, 0.5) is 5.82 Å². The maximum Gasteiger partial charge on any atom is 0.169 e. The van der Waals surface area contributed by atoms with Crippen molar-refractivity contribution < 1.29 is 23.2 Å². The van der Waals surface area contributed by atoms with Crippen molar-refractivity contribution in [3.05, 3.63) is 22.2 Å². The predicted octanol–water partition coefficient (Wildman–Crippen LogP) is 2.11. The predicted molar refractivity (Wildman–Crippen MR) is 123 cm³/mol. The number of halogens is 2. The second kappa shape index (κ2) is 14.9. The molecule has 0 amide bonds. The van der Waals surface area contributed by atoms with E-state index < -0.39 is 10.8 Å². The summed E-state index contributed by atoms with van der Waals surface area (Å²) in [6, 6.07) is 3.24. The van der Waals surface area contributed by atoms with Gasteiger partial charge in [-0.25, -0.2) is 9.97 Å². The highest BCUT2D eigenvalue weighted by molar-refractivity contribution is 7.84. The number of hydrogen-bond donors (Lipinski definition) is 2. The molecular weight excluding hydrogens is 467 g/mol. The SMILES string of the molecule is CS(=O)c1nc2cc(Cl)c(Cl)cc2nc1NCCOCCOCCOCCOCCN. The average molecular weight is 495 g/mol. The fraction of sp³-hybridized carbons (Fsp3) is 0.579. The first-order chi connectivity index (χ1) is 15.0. The molecule has 3 N–H and O–H groups in total. The van der Waals surface area contributed by atoms with Crippen LogP contribution in [0, 0.1) is 0 Å². The summed E-state index contributed by atoms with van der Waals surface area (Å²) in [5, 5.41) is 4.22. The van der Waals surface area contributed by atoms with Crippen LogP contribution in [-0.2, 0) is 29.7 Å². The molecule has 0 aliphatic rings. The van der Waals surface area contributed by atoms with E-state index in [1.165, 1.54) is 0 Å². The molecule has 0 fully saturated rings. The average Bonchev–Trinajstić information content (AvgIpc) is 2.74. The number of anilines is 1. The van der Waals surface area contributed by atoms with E-state index >= 15 is 0 Å². The zero-order valence-electron chi connectivity index (χ0n) is 17.4. The number of nitrogens with one attached hydrogen (secondary N) is 1. The first-order valence-electron chi connectivity index (χ1n) is 9.78. The lowest BCUT2D eigenvalue weighted by Gasteiger charge is -2.11. The molecule has 31 heavy (non-hydrogen) atoms. The Morgan fingerprint density at radius 3 is 1.87 bits per heavy atom. The van der Waals surface area contributed by atoms with Gasteiger partial charge in [0.25, 0.3) is 0 Å². The minimum absolute atomic E-state index is 0.350. The van der Waals surface area contributed by atoms with Gasteiger partial charge in [-0.3, -0.25) is 4.21 Å². The van der Waals surface area contributed by atoms with E-state index in [2.05, 4.69) is 15.3 Å². The second-order valence-corrected chi connectivity index (χ2v) is 8.36. The molecule has 9 nitrogen and oxygen atoms in total. The topological polar surface area (TPSA) is 118 Å². The highest BCUT2D eigenvalue weighted by atomic mass is 35.5. The Morgan fingerprint density at radius 2 is 1.35 bits per heavy atom. The second-order valence-electron chi connectivity index (χ2n) is 6.25. The Labute approximate surface area is 194 Å². The van der Waals surface area contributed by atoms with E-state index in [0.29, 0.717) is 97.9 Å². The lowest BCUT2D eigenvalue weighted by atomic mass is 10.3. The Morgan fingerprint density at radius 1 is 0.871 bits per heavy atom. The Hall–Kier alpha value is -1.11. The zero-order chi connectivity index (χ0) is 22.5. The molecule has 0 bridgehead atoms. The number of ether oxygens (including phenoxy) is 4. The number of fused-ring (bicyclic) bond motifs is 1. The molecular formula is C19H28Cl2N4O5S. The van der Waals surface area contributed by atoms with Gasteiger partial charge in [-0.15, -0.1) is 0 Å². The Kier molecular flexibility index (Phi) is 12.5. The van der Waals surface area contributed by atoms with Crippen LogP contribution in [0.1, 0.15) is 0 Å². The Bertz CT molecular complexity index is 847. The first kappa shape index (κ1) is 26.1. The molecule has 12 heteroatoms. The van der Waals surface area contributed by atoms with Gasteiger partial charge in [-0.1, -0.05) is 23.2 Å². The van der Waals surface area contributed by atoms with Gasteiger partial charge in [0.15, 0.2) is 10.8 Å². The van der Waals surface area contributed by atoms with Crippen LogP contribution in [0.25, 0.3) is 11.0 Å². The van der Waals surface area contributed by atoms with Crippen molar-refractivity contribution in [2.45, 2.75) is 5.03 Å². The summed E-state index contributed by atoms with van der Waals surface area (Å²) in [4.78, 5) is 8.89. The van der Waals surface area contributed by atoms with Crippen molar-refractivity contribution >= 4 is 50.9 Å². The third-order valence-electron chi connectivity index (χ3n) is 3.86. The van der Waals surface area contributed by atoms with Gasteiger partial charge in [0, 0.05) is 19.3 Å². The minimum Gasteiger partial charge on any atom is -0.378 e. The smallest absolute Gasteiger partial charge is 0.169 e. The molecule has 1 aromatic carbocycles. The number of nitrogens with two attached hydrogens (primary N) is 1. The van der Waals surface area contributed by atoms with Gasteiger partial charge in [-0.05, 0) is 12.1 Å². The lowest BCUT2D eigenvalue weighted by Crippen LogP contribution is -2.16. The highest BCUT2D eigenvalue weighted by Crippen LogP contribution is 2.28. The van der Waals surface area contributed by atoms with Crippen molar-refractivity contribution in [3.63, 3.8) is 0 Å². The van der Waals surface area contributed by atoms with Crippen molar-refractivity contribution in [2.75, 3.05) is 77.5 Å². The maximum atomic E-state index is 12.0. The van der Waals surface area contributed by atoms with Gasteiger partial charge in [0.2, 0.25) is 0 Å². The van der Waals surface area contributed by atoms with Crippen molar-refractivity contribution in [1.29, 1.82) is 0 Å². The molecule has 0 radical (unpaired) electrons. The Balaban J connectivity index is 1.64. The maximum absolute atomic E-state index is 12.0. The van der Waals surface area contributed by atoms with E-state index in [-0.39, 0.29) is 0 Å². The van der Waals surface area contributed by atoms with Crippen LogP contribution in [0.2, 0.25) is 10.0 Å². The standard InChI is InChI=1S/C19H28Cl2N4O5S/c1-31(26)19-18(24-16-12-14(20)15(21)13-17(16)25-19)23-3-5-28-7-9-30-11-10-29-8-6-27-4-2-22/h12-13H,2-11,22H2,1H3,(H,23,24). The van der Waals surface area contributed by atoms with Gasteiger partial charge in [0.05, 0.1) is 84.7 Å². The number of hydrogen-bond acceptors (Lipinski definition) is 9. The fourth-order valence-corrected chi connectivity index (χ4v) is 3.37. The molecule has 1 aromatic heterocycles. The number of rotatable bonds is 16. The summed E-state index contributed by atoms with van der Waals surface area (Å²) in [7, 11) is -1.32. The van der Waals surface area contributed by atoms with Crippen LogP contribution in [0.15, 0.2) is 17.2 Å². The van der Waals surface area contributed by atoms with Crippen molar-refractivity contribution in [2.24, 2.45) is 5.73 Å². The number of nitrogens with zero attached hydrogens (tertiary/aromatic N) is 2. The van der Waals surface area contributed by atoms with Crippen LogP contribution in [0.3, 0.4) is 0 Å². The summed E-state index contributed by atoms with van der Waals surface area (Å²) >= 11 is 12.1. The molecule has 0 saturated carbocycles. The molecule has 1 unspecified atom stereocenters. The van der Waals surface area contributed by atoms with Crippen LogP contribution >= 0.6 is 23.2 Å². The molecule has 1 heterocycles. The van der Waals surface area contributed by atoms with Crippen molar-refractivity contribution in [1.82, 2.24) is 9.97 Å². The van der Waals surface area contributed by atoms with E-state index in [1.54, 1.807) is 18.4 Å². The minimum atomic E-state index is -1.32. The molecule has 0 aliphatic heterocycles. The fourth-order valence-electron chi connectivity index (χ4n) is 2.44. The third-order valence-corrected chi connectivity index (χ3v) is 5.41. The summed E-state index contributed by atoms with van der Waals surface area (Å²) in [6.07, 6.45) is 1.54. The highest BCUT2D eigenvalue weighted by Gasteiger charge is 2.13. The monoisotopic (exact) mass is 494 g/mol. The molecule has 0 aliphatic carbocycles. The van der Waals surface area contributed by atoms with Gasteiger partial charge >= 0.3 is 0 Å². The van der Waals surface area contributed by atoms with Gasteiger partial charge in [0.1, 0.15) is 0 Å². The molecule has 1 atom stereocenters. The van der Waals surface area contributed by atoms with Gasteiger partial charge < -0.3 is 30.0 Å². The molecule has 174 valence electrons. The molecule has 0 saturated heterocycles. The summed E-state index contributed by atoms with van der Waals surface area (Å²) in [5.41, 5.74) is 6.41. The molecule has 0 spiro atoms. The van der Waals surface area contributed by atoms with Crippen LogP contribution < -0.4 is 11.1 Å². The zero-order valence-corrected chi connectivity index (χ0v) is 19.7. The number of benzene rings is 1. The summed E-state index contributed by atoms with van der Waals surface area (Å²) < 4.78 is 33.6. The van der Waals surface area contributed by atoms with Crippen LogP contribution in [-0.4, -0.2) is 86.4 Å². The van der Waals surface area contributed by atoms with Crippen molar-refractivity contribution in [3.8, 4) is 0 Å². The van der Waals surface area contributed by atoms with E-state index in [0.717, 1.165) is 0 Å². The quantitative estimate of drug-likeness (QED) is 0.338. The summed E-state index contributed by atoms with van der Waals surface area (Å²) in [6.45, 7) is 4.91. The van der Waals surface area contributed by atoms with E-state index in [4.69, 9.17) is 47.9 Å². The largest absolute Gasteiger partial charge is 0.378 e. The summed E-state index contributed by atoms with van der Waals surface area (Å²) in [5.74, 6) is 0.430.